The van der Waals surface area contributed by atoms with Crippen molar-refractivity contribution >= 4 is 0 Å². The summed E-state index contributed by atoms with van der Waals surface area (Å²) in [4.78, 5) is 3.70. The van der Waals surface area contributed by atoms with Crippen molar-refractivity contribution in [2.24, 2.45) is 0 Å². The molecule has 14 heavy (non-hydrogen) atoms. The van der Waals surface area contributed by atoms with Crippen molar-refractivity contribution in [3.8, 4) is 0 Å². The largest absolute Gasteiger partial charge is 0.385 e. The molecule has 1 rings (SSSR count). The van der Waals surface area contributed by atoms with Crippen molar-refractivity contribution in [3.05, 3.63) is 29.8 Å². The summed E-state index contributed by atoms with van der Waals surface area (Å²) in [6.45, 7) is 2.32. The van der Waals surface area contributed by atoms with Crippen molar-refractivity contribution in [1.82, 2.24) is 10.3 Å². The first kappa shape index (κ1) is 11.1. The molecule has 0 aliphatic heterocycles. The lowest BCUT2D eigenvalue weighted by molar-refractivity contribution is 0.0478. The predicted molar refractivity (Wildman–Crippen MR) is 52.3 cm³/mol. The van der Waals surface area contributed by atoms with E-state index in [0.29, 0.717) is 18.5 Å². The molecule has 0 bridgehead atoms. The maximum absolute atomic E-state index is 12.8. The Hall–Kier alpha value is -1.00. The molecule has 0 aliphatic rings. The Kier molecular flexibility index (Phi) is 3.55. The van der Waals surface area contributed by atoms with E-state index in [1.807, 2.05) is 0 Å². The van der Waals surface area contributed by atoms with Crippen LogP contribution in [0.25, 0.3) is 0 Å². The van der Waals surface area contributed by atoms with Gasteiger partial charge >= 0.3 is 0 Å². The summed E-state index contributed by atoms with van der Waals surface area (Å²) in [5.41, 5.74) is -0.522. The molecule has 0 aliphatic carbocycles. The highest BCUT2D eigenvalue weighted by Crippen LogP contribution is 2.23. The van der Waals surface area contributed by atoms with Gasteiger partial charge in [-0.25, -0.2) is 4.39 Å². The Morgan fingerprint density at radius 3 is 2.86 bits per heavy atom. The van der Waals surface area contributed by atoms with Crippen LogP contribution in [0, 0.1) is 5.82 Å². The molecule has 0 radical (unpaired) electrons. The molecule has 0 amide bonds. The van der Waals surface area contributed by atoms with Gasteiger partial charge in [0.1, 0.15) is 5.82 Å². The molecule has 78 valence electrons. The van der Waals surface area contributed by atoms with Gasteiger partial charge in [0.05, 0.1) is 11.8 Å². The number of pyridine rings is 1. The second-order valence-corrected chi connectivity index (χ2v) is 3.52. The van der Waals surface area contributed by atoms with Gasteiger partial charge in [0.2, 0.25) is 0 Å². The van der Waals surface area contributed by atoms with Gasteiger partial charge in [0.15, 0.2) is 0 Å². The van der Waals surface area contributed by atoms with Crippen LogP contribution in [0.15, 0.2) is 18.5 Å². The van der Waals surface area contributed by atoms with Gasteiger partial charge < -0.3 is 10.4 Å². The zero-order valence-corrected chi connectivity index (χ0v) is 8.42. The molecule has 0 spiro atoms. The van der Waals surface area contributed by atoms with Gasteiger partial charge in [0, 0.05) is 11.8 Å². The molecule has 1 aromatic rings. The first-order valence-corrected chi connectivity index (χ1v) is 4.54. The summed E-state index contributed by atoms with van der Waals surface area (Å²) in [6, 6.07) is 1.31. The van der Waals surface area contributed by atoms with E-state index in [1.54, 1.807) is 14.0 Å². The number of hydrogen-bond acceptors (Lipinski definition) is 3. The van der Waals surface area contributed by atoms with Crippen molar-refractivity contribution < 1.29 is 9.50 Å². The third-order valence-electron chi connectivity index (χ3n) is 2.19. The summed E-state index contributed by atoms with van der Waals surface area (Å²) < 4.78 is 12.8. The van der Waals surface area contributed by atoms with Crippen LogP contribution in [0.4, 0.5) is 4.39 Å². The Morgan fingerprint density at radius 2 is 2.29 bits per heavy atom. The van der Waals surface area contributed by atoms with Gasteiger partial charge in [-0.3, -0.25) is 4.98 Å². The van der Waals surface area contributed by atoms with Crippen LogP contribution in [-0.4, -0.2) is 23.7 Å². The molecular weight excluding hydrogens is 183 g/mol. The Bertz CT molecular complexity index is 302. The lowest BCUT2D eigenvalue weighted by Gasteiger charge is -2.23. The smallest absolute Gasteiger partial charge is 0.141 e. The molecular formula is C10H15FN2O. The van der Waals surface area contributed by atoms with E-state index in [-0.39, 0.29) is 0 Å². The molecule has 1 atom stereocenters. The molecule has 1 heterocycles. The van der Waals surface area contributed by atoms with Crippen LogP contribution in [-0.2, 0) is 5.60 Å². The Labute approximate surface area is 83.0 Å². The molecule has 0 aromatic carbocycles. The molecule has 1 aromatic heterocycles. The minimum Gasteiger partial charge on any atom is -0.385 e. The van der Waals surface area contributed by atoms with Gasteiger partial charge in [-0.05, 0) is 33.0 Å². The van der Waals surface area contributed by atoms with Crippen molar-refractivity contribution in [2.45, 2.75) is 18.9 Å². The lowest BCUT2D eigenvalue weighted by atomic mass is 9.94. The average molecular weight is 198 g/mol. The van der Waals surface area contributed by atoms with Gasteiger partial charge in [-0.2, -0.15) is 0 Å². The fourth-order valence-corrected chi connectivity index (χ4v) is 1.22. The Morgan fingerprint density at radius 1 is 1.57 bits per heavy atom. The van der Waals surface area contributed by atoms with Crippen LogP contribution in [0.1, 0.15) is 18.9 Å². The lowest BCUT2D eigenvalue weighted by Crippen LogP contribution is -2.26. The minimum atomic E-state index is -1.03. The van der Waals surface area contributed by atoms with Gasteiger partial charge in [0.25, 0.3) is 0 Å². The fraction of sp³-hybridized carbons (Fsp3) is 0.500. The van der Waals surface area contributed by atoms with E-state index < -0.39 is 11.4 Å². The molecule has 4 heteroatoms. The Balaban J connectivity index is 2.80. The fourth-order valence-electron chi connectivity index (χ4n) is 1.22. The standard InChI is InChI=1S/C10H15FN2O/c1-10(14,3-4-12-2)8-5-9(11)7-13-6-8/h5-7,12,14H,3-4H2,1-2H3. The summed E-state index contributed by atoms with van der Waals surface area (Å²) in [5, 5.41) is 12.9. The maximum Gasteiger partial charge on any atom is 0.141 e. The molecule has 0 saturated carbocycles. The van der Waals surface area contributed by atoms with Crippen molar-refractivity contribution in [3.63, 3.8) is 0 Å². The van der Waals surface area contributed by atoms with E-state index in [1.165, 1.54) is 12.3 Å². The number of nitrogens with zero attached hydrogens (tertiary/aromatic N) is 1. The first-order chi connectivity index (χ1) is 6.56. The minimum absolute atomic E-state index is 0.424. The summed E-state index contributed by atoms with van der Waals surface area (Å²) in [6.07, 6.45) is 3.13. The number of hydrogen-bond donors (Lipinski definition) is 2. The zero-order chi connectivity index (χ0) is 10.6. The summed E-state index contributed by atoms with van der Waals surface area (Å²) >= 11 is 0. The number of rotatable bonds is 4. The van der Waals surface area contributed by atoms with E-state index in [0.717, 1.165) is 6.20 Å². The highest BCUT2D eigenvalue weighted by Gasteiger charge is 2.22. The third-order valence-corrected chi connectivity index (χ3v) is 2.19. The van der Waals surface area contributed by atoms with Crippen LogP contribution in [0.3, 0.4) is 0 Å². The van der Waals surface area contributed by atoms with Gasteiger partial charge in [-0.15, -0.1) is 0 Å². The first-order valence-electron chi connectivity index (χ1n) is 4.54. The SMILES string of the molecule is CNCCC(C)(O)c1cncc(F)c1. The predicted octanol–water partition coefficient (Wildman–Crippen LogP) is 1.04. The van der Waals surface area contributed by atoms with Crippen LogP contribution in [0.5, 0.6) is 0 Å². The quantitative estimate of drug-likeness (QED) is 0.759. The summed E-state index contributed by atoms with van der Waals surface area (Å²) in [7, 11) is 1.81. The highest BCUT2D eigenvalue weighted by molar-refractivity contribution is 5.17. The second kappa shape index (κ2) is 4.48. The molecule has 0 saturated heterocycles. The van der Waals surface area contributed by atoms with E-state index in [4.69, 9.17) is 0 Å². The number of aliphatic hydroxyl groups is 1. The van der Waals surface area contributed by atoms with Crippen LogP contribution < -0.4 is 5.32 Å². The zero-order valence-electron chi connectivity index (χ0n) is 8.42. The third kappa shape index (κ3) is 2.75. The van der Waals surface area contributed by atoms with Gasteiger partial charge in [-0.1, -0.05) is 0 Å². The molecule has 2 N–H and O–H groups in total. The second-order valence-electron chi connectivity index (χ2n) is 3.52. The normalized spacial score (nSPS) is 15.1. The van der Waals surface area contributed by atoms with Crippen molar-refractivity contribution in [2.75, 3.05) is 13.6 Å². The van der Waals surface area contributed by atoms with Crippen LogP contribution >= 0.6 is 0 Å². The maximum atomic E-state index is 12.8. The topological polar surface area (TPSA) is 45.1 Å². The number of aromatic nitrogens is 1. The molecule has 0 fully saturated rings. The summed E-state index contributed by atoms with van der Waals surface area (Å²) in [5.74, 6) is -0.424. The van der Waals surface area contributed by atoms with E-state index >= 15 is 0 Å². The van der Waals surface area contributed by atoms with Crippen molar-refractivity contribution in [1.29, 1.82) is 0 Å². The molecule has 3 nitrogen and oxygen atoms in total. The molecule has 1 unspecified atom stereocenters. The highest BCUT2D eigenvalue weighted by atomic mass is 19.1. The van der Waals surface area contributed by atoms with E-state index in [9.17, 15) is 9.50 Å². The average Bonchev–Trinajstić information content (AvgIpc) is 2.15. The monoisotopic (exact) mass is 198 g/mol. The van der Waals surface area contributed by atoms with Crippen LogP contribution in [0.2, 0.25) is 0 Å². The number of nitrogens with one attached hydrogen (secondary N) is 1. The number of halogens is 1. The van der Waals surface area contributed by atoms with E-state index in [2.05, 4.69) is 10.3 Å².